The van der Waals surface area contributed by atoms with Crippen molar-refractivity contribution in [3.63, 3.8) is 0 Å². The smallest absolute Gasteiger partial charge is 0.253 e. The zero-order chi connectivity index (χ0) is 22.5. The zero-order valence-electron chi connectivity index (χ0n) is 18.0. The van der Waals surface area contributed by atoms with Crippen molar-refractivity contribution in [1.82, 2.24) is 14.9 Å². The Bertz CT molecular complexity index is 1220. The van der Waals surface area contributed by atoms with Gasteiger partial charge in [-0.3, -0.25) is 9.78 Å². The van der Waals surface area contributed by atoms with Gasteiger partial charge in [-0.25, -0.2) is 0 Å². The standard InChI is InChI=1S/C26H24ClN3O2/c1-18-24(26(31)29-15-13-21-6-3-4-14-28-21)17-25(19-9-11-20(27)12-10-19)30(18)22-7-5-8-23(16-22)32-2/h3-12,14,16-17H,13,15H2,1-2H3,(H,29,31). The summed E-state index contributed by atoms with van der Waals surface area (Å²) < 4.78 is 7.48. The van der Waals surface area contributed by atoms with Gasteiger partial charge >= 0.3 is 0 Å². The maximum atomic E-state index is 13.1. The molecule has 0 saturated carbocycles. The van der Waals surface area contributed by atoms with E-state index in [1.807, 2.05) is 79.7 Å². The molecule has 0 fully saturated rings. The second-order valence-corrected chi connectivity index (χ2v) is 7.84. The van der Waals surface area contributed by atoms with Gasteiger partial charge in [-0.2, -0.15) is 0 Å². The molecule has 1 N–H and O–H groups in total. The van der Waals surface area contributed by atoms with Crippen molar-refractivity contribution in [3.8, 4) is 22.7 Å². The fourth-order valence-corrected chi connectivity index (χ4v) is 3.82. The summed E-state index contributed by atoms with van der Waals surface area (Å²) in [6.07, 6.45) is 2.43. The first-order valence-electron chi connectivity index (χ1n) is 10.4. The molecule has 0 bridgehead atoms. The topological polar surface area (TPSA) is 56.1 Å². The van der Waals surface area contributed by atoms with Gasteiger partial charge in [0.05, 0.1) is 18.4 Å². The van der Waals surface area contributed by atoms with Gasteiger partial charge in [0.15, 0.2) is 0 Å². The minimum Gasteiger partial charge on any atom is -0.497 e. The number of carbonyl (C=O) groups excluding carboxylic acids is 1. The molecule has 0 aliphatic rings. The lowest BCUT2D eigenvalue weighted by molar-refractivity contribution is 0.0953. The highest BCUT2D eigenvalue weighted by atomic mass is 35.5. The number of nitrogens with one attached hydrogen (secondary N) is 1. The summed E-state index contributed by atoms with van der Waals surface area (Å²) in [6, 6.07) is 23.1. The highest BCUT2D eigenvalue weighted by Crippen LogP contribution is 2.31. The molecule has 0 radical (unpaired) electrons. The van der Waals surface area contributed by atoms with Gasteiger partial charge in [0.25, 0.3) is 5.91 Å². The number of methoxy groups -OCH3 is 1. The van der Waals surface area contributed by atoms with Crippen LogP contribution < -0.4 is 10.1 Å². The number of ether oxygens (including phenoxy) is 1. The van der Waals surface area contributed by atoms with Crippen molar-refractivity contribution in [2.45, 2.75) is 13.3 Å². The lowest BCUT2D eigenvalue weighted by Crippen LogP contribution is -2.26. The molecule has 0 aliphatic heterocycles. The zero-order valence-corrected chi connectivity index (χ0v) is 18.8. The summed E-state index contributed by atoms with van der Waals surface area (Å²) in [5.41, 5.74) is 5.20. The molecule has 5 nitrogen and oxygen atoms in total. The molecule has 162 valence electrons. The number of aromatic nitrogens is 2. The molecule has 4 rings (SSSR count). The fourth-order valence-electron chi connectivity index (χ4n) is 3.70. The predicted molar refractivity (Wildman–Crippen MR) is 128 cm³/mol. The minimum absolute atomic E-state index is 0.115. The number of pyridine rings is 1. The van der Waals surface area contributed by atoms with Crippen LogP contribution in [0.25, 0.3) is 16.9 Å². The van der Waals surface area contributed by atoms with Crippen LogP contribution in [0.3, 0.4) is 0 Å². The molecule has 0 unspecified atom stereocenters. The van der Waals surface area contributed by atoms with Crippen molar-refractivity contribution < 1.29 is 9.53 Å². The number of nitrogens with zero attached hydrogens (tertiary/aromatic N) is 2. The van der Waals surface area contributed by atoms with Crippen LogP contribution in [0.4, 0.5) is 0 Å². The lowest BCUT2D eigenvalue weighted by atomic mass is 10.1. The number of halogens is 1. The van der Waals surface area contributed by atoms with E-state index < -0.39 is 0 Å². The van der Waals surface area contributed by atoms with Crippen molar-refractivity contribution in [3.05, 3.63) is 101 Å². The minimum atomic E-state index is -0.115. The van der Waals surface area contributed by atoms with Crippen LogP contribution in [-0.2, 0) is 6.42 Å². The highest BCUT2D eigenvalue weighted by Gasteiger charge is 2.20. The number of hydrogen-bond acceptors (Lipinski definition) is 3. The third-order valence-corrected chi connectivity index (χ3v) is 5.59. The van der Waals surface area contributed by atoms with Gasteiger partial charge in [-0.05, 0) is 55.0 Å². The number of amides is 1. The Morgan fingerprint density at radius 2 is 1.88 bits per heavy atom. The number of benzene rings is 2. The molecule has 6 heteroatoms. The lowest BCUT2D eigenvalue weighted by Gasteiger charge is -2.13. The van der Waals surface area contributed by atoms with Crippen LogP contribution in [0.15, 0.2) is 79.0 Å². The Morgan fingerprint density at radius 3 is 2.59 bits per heavy atom. The van der Waals surface area contributed by atoms with Crippen LogP contribution in [0.5, 0.6) is 5.75 Å². The molecule has 0 spiro atoms. The fraction of sp³-hybridized carbons (Fsp3) is 0.154. The van der Waals surface area contributed by atoms with Crippen molar-refractivity contribution >= 4 is 17.5 Å². The van der Waals surface area contributed by atoms with Gasteiger partial charge in [-0.1, -0.05) is 35.9 Å². The quantitative estimate of drug-likeness (QED) is 0.409. The molecule has 2 aromatic carbocycles. The summed E-state index contributed by atoms with van der Waals surface area (Å²) >= 11 is 6.10. The Labute approximate surface area is 192 Å². The average molecular weight is 446 g/mol. The summed E-state index contributed by atoms with van der Waals surface area (Å²) in [4.78, 5) is 17.4. The monoisotopic (exact) mass is 445 g/mol. The van der Waals surface area contributed by atoms with E-state index in [2.05, 4.69) is 14.9 Å². The third kappa shape index (κ3) is 4.68. The first-order valence-corrected chi connectivity index (χ1v) is 10.8. The third-order valence-electron chi connectivity index (χ3n) is 5.34. The van der Waals surface area contributed by atoms with Crippen molar-refractivity contribution in [2.24, 2.45) is 0 Å². The van der Waals surface area contributed by atoms with Crippen LogP contribution >= 0.6 is 11.6 Å². The van der Waals surface area contributed by atoms with Gasteiger partial charge in [0, 0.05) is 47.3 Å². The molecule has 2 heterocycles. The second kappa shape index (κ2) is 9.71. The maximum Gasteiger partial charge on any atom is 0.253 e. The molecular formula is C26H24ClN3O2. The van der Waals surface area contributed by atoms with Crippen molar-refractivity contribution in [1.29, 1.82) is 0 Å². The van der Waals surface area contributed by atoms with Gasteiger partial charge in [0.2, 0.25) is 0 Å². The molecular weight excluding hydrogens is 422 g/mol. The summed E-state index contributed by atoms with van der Waals surface area (Å²) in [5.74, 6) is 0.634. The Balaban J connectivity index is 1.68. The van der Waals surface area contributed by atoms with E-state index in [-0.39, 0.29) is 5.91 Å². The largest absolute Gasteiger partial charge is 0.497 e. The average Bonchev–Trinajstić information content (AvgIpc) is 3.17. The SMILES string of the molecule is COc1cccc(-n2c(-c3ccc(Cl)cc3)cc(C(=O)NCCc3ccccn3)c2C)c1. The molecule has 0 aliphatic carbocycles. The van der Waals surface area contributed by atoms with Gasteiger partial charge < -0.3 is 14.6 Å². The summed E-state index contributed by atoms with van der Waals surface area (Å²) in [7, 11) is 1.64. The Kier molecular flexibility index (Phi) is 6.57. The van der Waals surface area contributed by atoms with Gasteiger partial charge in [-0.15, -0.1) is 0 Å². The molecule has 0 atom stereocenters. The van der Waals surface area contributed by atoms with Crippen LogP contribution in [0.1, 0.15) is 21.7 Å². The van der Waals surface area contributed by atoms with E-state index in [0.29, 0.717) is 23.6 Å². The van der Waals surface area contributed by atoms with Gasteiger partial charge in [0.1, 0.15) is 5.75 Å². The first kappa shape index (κ1) is 21.7. The molecule has 32 heavy (non-hydrogen) atoms. The Hall–Kier alpha value is -3.57. The number of hydrogen-bond donors (Lipinski definition) is 1. The Morgan fingerprint density at radius 1 is 1.06 bits per heavy atom. The van der Waals surface area contributed by atoms with Crippen molar-refractivity contribution in [2.75, 3.05) is 13.7 Å². The highest BCUT2D eigenvalue weighted by molar-refractivity contribution is 6.30. The number of carbonyl (C=O) groups is 1. The first-order chi connectivity index (χ1) is 15.6. The molecule has 0 saturated heterocycles. The summed E-state index contributed by atoms with van der Waals surface area (Å²) in [5, 5.41) is 3.69. The van der Waals surface area contributed by atoms with E-state index in [4.69, 9.17) is 16.3 Å². The number of rotatable bonds is 7. The van der Waals surface area contributed by atoms with Crippen LogP contribution in [0.2, 0.25) is 5.02 Å². The predicted octanol–water partition coefficient (Wildman–Crippen LogP) is 5.48. The molecule has 2 aromatic heterocycles. The van der Waals surface area contributed by atoms with Crippen LogP contribution in [0, 0.1) is 6.92 Å². The van der Waals surface area contributed by atoms with E-state index in [0.717, 1.165) is 34.1 Å². The van der Waals surface area contributed by atoms with Crippen LogP contribution in [-0.4, -0.2) is 29.1 Å². The molecule has 1 amide bonds. The van der Waals surface area contributed by atoms with E-state index in [9.17, 15) is 4.79 Å². The van der Waals surface area contributed by atoms with E-state index in [1.54, 1.807) is 13.3 Å². The molecule has 4 aromatic rings. The second-order valence-electron chi connectivity index (χ2n) is 7.40. The van der Waals surface area contributed by atoms with E-state index >= 15 is 0 Å². The maximum absolute atomic E-state index is 13.1. The summed E-state index contributed by atoms with van der Waals surface area (Å²) in [6.45, 7) is 2.46. The van der Waals surface area contributed by atoms with E-state index in [1.165, 1.54) is 0 Å². The normalized spacial score (nSPS) is 10.7.